The van der Waals surface area contributed by atoms with Gasteiger partial charge in [0, 0.05) is 15.7 Å². The lowest BCUT2D eigenvalue weighted by Gasteiger charge is -2.15. The van der Waals surface area contributed by atoms with Crippen molar-refractivity contribution in [3.05, 3.63) is 33.4 Å². The van der Waals surface area contributed by atoms with Crippen molar-refractivity contribution in [1.29, 1.82) is 0 Å². The number of carbonyl (C=O) groups is 1. The van der Waals surface area contributed by atoms with Gasteiger partial charge in [-0.25, -0.2) is 0 Å². The van der Waals surface area contributed by atoms with Crippen molar-refractivity contribution < 1.29 is 4.79 Å². The van der Waals surface area contributed by atoms with Crippen molar-refractivity contribution in [2.45, 2.75) is 39.5 Å². The molecule has 0 saturated heterocycles. The zero-order valence-electron chi connectivity index (χ0n) is 11.2. The van der Waals surface area contributed by atoms with Crippen LogP contribution in [0.1, 0.15) is 49.9 Å². The fourth-order valence-corrected chi connectivity index (χ4v) is 2.46. The van der Waals surface area contributed by atoms with Gasteiger partial charge in [0.1, 0.15) is 0 Å². The lowest BCUT2D eigenvalue weighted by atomic mass is 9.99. The highest BCUT2D eigenvalue weighted by molar-refractivity contribution is 14.1. The second kappa shape index (κ2) is 8.51. The van der Waals surface area contributed by atoms with E-state index in [2.05, 4.69) is 41.8 Å². The van der Waals surface area contributed by atoms with Crippen LogP contribution in [-0.4, -0.2) is 12.5 Å². The summed E-state index contributed by atoms with van der Waals surface area (Å²) in [7, 11) is 0. The molecule has 0 aromatic heterocycles. The lowest BCUT2D eigenvalue weighted by molar-refractivity contribution is 0.0945. The molecule has 1 amide bonds. The molecule has 0 saturated carbocycles. The molecule has 1 atom stereocenters. The first kappa shape index (κ1) is 15.5. The van der Waals surface area contributed by atoms with E-state index in [4.69, 9.17) is 0 Å². The van der Waals surface area contributed by atoms with Gasteiger partial charge in [-0.05, 0) is 53.1 Å². The largest absolute Gasteiger partial charge is 0.352 e. The Labute approximate surface area is 124 Å². The number of nitrogens with one attached hydrogen (secondary N) is 1. The SMILES string of the molecule is CCCCC(CC)CNC(=O)c1cccc(I)c1. The normalized spacial score (nSPS) is 12.2. The van der Waals surface area contributed by atoms with Crippen molar-refractivity contribution in [1.82, 2.24) is 5.32 Å². The Morgan fingerprint density at radius 2 is 2.17 bits per heavy atom. The first-order chi connectivity index (χ1) is 8.67. The van der Waals surface area contributed by atoms with Gasteiger partial charge in [-0.15, -0.1) is 0 Å². The molecular formula is C15H22INO. The van der Waals surface area contributed by atoms with Crippen LogP contribution < -0.4 is 5.32 Å². The number of amides is 1. The van der Waals surface area contributed by atoms with Gasteiger partial charge >= 0.3 is 0 Å². The van der Waals surface area contributed by atoms with Gasteiger partial charge in [0.25, 0.3) is 5.91 Å². The molecule has 3 heteroatoms. The molecule has 100 valence electrons. The third kappa shape index (κ3) is 5.38. The highest BCUT2D eigenvalue weighted by Crippen LogP contribution is 2.12. The molecule has 1 aromatic carbocycles. The summed E-state index contributed by atoms with van der Waals surface area (Å²) in [6, 6.07) is 7.70. The van der Waals surface area contributed by atoms with Gasteiger partial charge in [-0.1, -0.05) is 39.2 Å². The molecule has 0 aliphatic heterocycles. The lowest BCUT2D eigenvalue weighted by Crippen LogP contribution is -2.29. The first-order valence-corrected chi connectivity index (χ1v) is 7.79. The van der Waals surface area contributed by atoms with Crippen molar-refractivity contribution in [2.24, 2.45) is 5.92 Å². The maximum Gasteiger partial charge on any atom is 0.251 e. The number of carbonyl (C=O) groups excluding carboxylic acids is 1. The summed E-state index contributed by atoms with van der Waals surface area (Å²) in [5.74, 6) is 0.653. The summed E-state index contributed by atoms with van der Waals surface area (Å²) in [4.78, 5) is 12.0. The van der Waals surface area contributed by atoms with Crippen LogP contribution in [0.2, 0.25) is 0 Å². The molecule has 1 unspecified atom stereocenters. The van der Waals surface area contributed by atoms with Crippen molar-refractivity contribution in [3.63, 3.8) is 0 Å². The van der Waals surface area contributed by atoms with E-state index in [1.54, 1.807) is 0 Å². The molecule has 0 aliphatic rings. The Hall–Kier alpha value is -0.580. The van der Waals surface area contributed by atoms with E-state index in [-0.39, 0.29) is 5.91 Å². The Balaban J connectivity index is 2.44. The molecule has 1 aromatic rings. The van der Waals surface area contributed by atoms with Crippen molar-refractivity contribution >= 4 is 28.5 Å². The molecule has 1 N–H and O–H groups in total. The number of hydrogen-bond donors (Lipinski definition) is 1. The second-order valence-corrected chi connectivity index (χ2v) is 5.88. The Morgan fingerprint density at radius 3 is 2.78 bits per heavy atom. The summed E-state index contributed by atoms with van der Waals surface area (Å²) < 4.78 is 1.10. The molecule has 0 spiro atoms. The predicted octanol–water partition coefficient (Wildman–Crippen LogP) is 4.24. The van der Waals surface area contributed by atoms with E-state index < -0.39 is 0 Å². The molecule has 0 aliphatic carbocycles. The fourth-order valence-electron chi connectivity index (χ4n) is 1.91. The smallest absolute Gasteiger partial charge is 0.251 e. The zero-order valence-corrected chi connectivity index (χ0v) is 13.4. The third-order valence-corrected chi connectivity index (χ3v) is 3.85. The molecule has 0 heterocycles. The highest BCUT2D eigenvalue weighted by atomic mass is 127. The molecule has 0 bridgehead atoms. The van der Waals surface area contributed by atoms with Crippen LogP contribution in [-0.2, 0) is 0 Å². The van der Waals surface area contributed by atoms with Gasteiger partial charge < -0.3 is 5.32 Å². The summed E-state index contributed by atoms with van der Waals surface area (Å²) in [6.45, 7) is 5.19. The topological polar surface area (TPSA) is 29.1 Å². The molecule has 0 radical (unpaired) electrons. The van der Waals surface area contributed by atoms with Gasteiger partial charge in [0.15, 0.2) is 0 Å². The fraction of sp³-hybridized carbons (Fsp3) is 0.533. The summed E-state index contributed by atoms with van der Waals surface area (Å²) >= 11 is 2.23. The maximum absolute atomic E-state index is 12.0. The van der Waals surface area contributed by atoms with E-state index in [1.807, 2.05) is 24.3 Å². The summed E-state index contributed by atoms with van der Waals surface area (Å²) in [6.07, 6.45) is 4.81. The van der Waals surface area contributed by atoms with E-state index in [1.165, 1.54) is 19.3 Å². The number of benzene rings is 1. The monoisotopic (exact) mass is 359 g/mol. The van der Waals surface area contributed by atoms with Crippen LogP contribution >= 0.6 is 22.6 Å². The van der Waals surface area contributed by atoms with Crippen LogP contribution in [0, 0.1) is 9.49 Å². The minimum atomic E-state index is 0.0449. The molecule has 18 heavy (non-hydrogen) atoms. The van der Waals surface area contributed by atoms with Crippen LogP contribution in [0.3, 0.4) is 0 Å². The van der Waals surface area contributed by atoms with Crippen LogP contribution in [0.4, 0.5) is 0 Å². The quantitative estimate of drug-likeness (QED) is 0.725. The van der Waals surface area contributed by atoms with Gasteiger partial charge in [-0.2, -0.15) is 0 Å². The average molecular weight is 359 g/mol. The number of hydrogen-bond acceptors (Lipinski definition) is 1. The number of rotatable bonds is 7. The minimum Gasteiger partial charge on any atom is -0.352 e. The molecule has 0 fully saturated rings. The Morgan fingerprint density at radius 1 is 1.39 bits per heavy atom. The van der Waals surface area contributed by atoms with Gasteiger partial charge in [0.05, 0.1) is 0 Å². The van der Waals surface area contributed by atoms with E-state index in [0.717, 1.165) is 22.1 Å². The van der Waals surface area contributed by atoms with E-state index in [9.17, 15) is 4.79 Å². The molecule has 2 nitrogen and oxygen atoms in total. The van der Waals surface area contributed by atoms with E-state index >= 15 is 0 Å². The predicted molar refractivity (Wildman–Crippen MR) is 84.8 cm³/mol. The van der Waals surface area contributed by atoms with Crippen molar-refractivity contribution in [3.8, 4) is 0 Å². The zero-order chi connectivity index (χ0) is 13.4. The maximum atomic E-state index is 12.0. The van der Waals surface area contributed by atoms with E-state index in [0.29, 0.717) is 5.92 Å². The standard InChI is InChI=1S/C15H22INO/c1-3-5-7-12(4-2)11-17-15(18)13-8-6-9-14(16)10-13/h6,8-10,12H,3-5,7,11H2,1-2H3,(H,17,18). The number of halogens is 1. The van der Waals surface area contributed by atoms with Crippen LogP contribution in [0.25, 0.3) is 0 Å². The Bertz CT molecular complexity index is 379. The Kier molecular flexibility index (Phi) is 7.32. The van der Waals surface area contributed by atoms with Crippen LogP contribution in [0.15, 0.2) is 24.3 Å². The minimum absolute atomic E-state index is 0.0449. The van der Waals surface area contributed by atoms with Gasteiger partial charge in [-0.3, -0.25) is 4.79 Å². The molecule has 1 rings (SSSR count). The summed E-state index contributed by atoms with van der Waals surface area (Å²) in [5.41, 5.74) is 0.757. The first-order valence-electron chi connectivity index (χ1n) is 6.71. The van der Waals surface area contributed by atoms with Crippen LogP contribution in [0.5, 0.6) is 0 Å². The highest BCUT2D eigenvalue weighted by Gasteiger charge is 2.09. The summed E-state index contributed by atoms with van der Waals surface area (Å²) in [5, 5.41) is 3.04. The van der Waals surface area contributed by atoms with Gasteiger partial charge in [0.2, 0.25) is 0 Å². The second-order valence-electron chi connectivity index (χ2n) is 4.64. The number of unbranched alkanes of at least 4 members (excludes halogenated alkanes) is 1. The average Bonchev–Trinajstić information content (AvgIpc) is 2.38. The third-order valence-electron chi connectivity index (χ3n) is 3.18. The van der Waals surface area contributed by atoms with Crippen molar-refractivity contribution in [2.75, 3.05) is 6.54 Å². The molecular weight excluding hydrogens is 337 g/mol.